The summed E-state index contributed by atoms with van der Waals surface area (Å²) in [6.45, 7) is 6.09. The third-order valence-corrected chi connectivity index (χ3v) is 6.29. The van der Waals surface area contributed by atoms with Crippen LogP contribution in [-0.2, 0) is 11.0 Å². The van der Waals surface area contributed by atoms with Gasteiger partial charge in [-0.25, -0.2) is 0 Å². The molecule has 9 nitrogen and oxygen atoms in total. The average molecular weight is 567 g/mol. The standard InChI is InChI=1S/C29H29F3N6O3/c1-3-25(39)35-20-8-5-9-21(13-20)38-28-33-15-23(16-34-28)37-27(41)24-14-22(11-10-17(24)2)36-26(40)18-6-4-7-19(12-18)29(30,31)32/h3-14,23,28,33-34,38H,1,15-16H2,2H3,(H,35,39)(H,36,40)(H,37,41). The maximum absolute atomic E-state index is 13.1. The van der Waals surface area contributed by atoms with E-state index in [2.05, 4.69) is 38.5 Å². The van der Waals surface area contributed by atoms with E-state index in [1.165, 1.54) is 24.3 Å². The third kappa shape index (κ3) is 7.93. The molecule has 1 aliphatic heterocycles. The summed E-state index contributed by atoms with van der Waals surface area (Å²) in [5.74, 6) is -1.39. The van der Waals surface area contributed by atoms with Crippen LogP contribution in [0.3, 0.4) is 0 Å². The number of amides is 3. The molecule has 0 saturated carbocycles. The highest BCUT2D eigenvalue weighted by Gasteiger charge is 2.31. The van der Waals surface area contributed by atoms with Gasteiger partial charge in [-0.1, -0.05) is 24.8 Å². The van der Waals surface area contributed by atoms with Crippen molar-refractivity contribution in [1.82, 2.24) is 16.0 Å². The molecule has 0 aliphatic carbocycles. The normalized spacial score (nSPS) is 16.8. The lowest BCUT2D eigenvalue weighted by molar-refractivity contribution is -0.137. The van der Waals surface area contributed by atoms with Gasteiger partial charge in [0.2, 0.25) is 5.91 Å². The Hall–Kier alpha value is -4.68. The van der Waals surface area contributed by atoms with Crippen LogP contribution in [0.2, 0.25) is 0 Å². The molecule has 1 heterocycles. The van der Waals surface area contributed by atoms with Crippen molar-refractivity contribution < 1.29 is 27.6 Å². The van der Waals surface area contributed by atoms with Crippen molar-refractivity contribution in [2.24, 2.45) is 0 Å². The van der Waals surface area contributed by atoms with E-state index in [4.69, 9.17) is 0 Å². The SMILES string of the molecule is C=CC(=O)Nc1cccc(NC2NCC(NC(=O)c3cc(NC(=O)c4cccc(C(F)(F)F)c4)ccc3C)CN2)c1. The summed E-state index contributed by atoms with van der Waals surface area (Å²) in [6, 6.07) is 15.8. The first-order valence-corrected chi connectivity index (χ1v) is 12.7. The number of alkyl halides is 3. The fraction of sp³-hybridized carbons (Fsp3) is 0.207. The first-order valence-electron chi connectivity index (χ1n) is 12.7. The zero-order valence-electron chi connectivity index (χ0n) is 22.1. The van der Waals surface area contributed by atoms with Crippen LogP contribution in [0.1, 0.15) is 31.8 Å². The minimum absolute atomic E-state index is 0.151. The molecule has 0 aromatic heterocycles. The van der Waals surface area contributed by atoms with Crippen LogP contribution in [0.15, 0.2) is 79.4 Å². The minimum atomic E-state index is -4.57. The molecule has 12 heteroatoms. The minimum Gasteiger partial charge on any atom is -0.358 e. The molecule has 3 aromatic rings. The van der Waals surface area contributed by atoms with Crippen LogP contribution < -0.4 is 31.9 Å². The van der Waals surface area contributed by atoms with Gasteiger partial charge < -0.3 is 21.3 Å². The van der Waals surface area contributed by atoms with Gasteiger partial charge in [-0.15, -0.1) is 0 Å². The van der Waals surface area contributed by atoms with Crippen molar-refractivity contribution in [3.05, 3.63) is 102 Å². The lowest BCUT2D eigenvalue weighted by Crippen LogP contribution is -2.62. The molecule has 3 aromatic carbocycles. The van der Waals surface area contributed by atoms with Gasteiger partial charge in [0, 0.05) is 41.3 Å². The third-order valence-electron chi connectivity index (χ3n) is 6.29. The fourth-order valence-corrected chi connectivity index (χ4v) is 4.16. The molecule has 1 aliphatic rings. The van der Waals surface area contributed by atoms with E-state index in [0.717, 1.165) is 17.8 Å². The Morgan fingerprint density at radius 2 is 1.56 bits per heavy atom. The largest absolute Gasteiger partial charge is 0.416 e. The van der Waals surface area contributed by atoms with E-state index in [-0.39, 0.29) is 35.4 Å². The fourth-order valence-electron chi connectivity index (χ4n) is 4.16. The highest BCUT2D eigenvalue weighted by molar-refractivity contribution is 6.05. The van der Waals surface area contributed by atoms with E-state index in [1.54, 1.807) is 37.3 Å². The molecule has 0 spiro atoms. The van der Waals surface area contributed by atoms with Gasteiger partial charge in [0.25, 0.3) is 11.8 Å². The van der Waals surface area contributed by atoms with Gasteiger partial charge in [-0.2, -0.15) is 13.2 Å². The molecular formula is C29H29F3N6O3. The van der Waals surface area contributed by atoms with Crippen molar-refractivity contribution in [2.45, 2.75) is 25.4 Å². The second kappa shape index (κ2) is 12.7. The van der Waals surface area contributed by atoms with E-state index in [0.29, 0.717) is 29.9 Å². The Morgan fingerprint density at radius 1 is 0.878 bits per heavy atom. The Kier molecular flexibility index (Phi) is 9.05. The Morgan fingerprint density at radius 3 is 2.27 bits per heavy atom. The van der Waals surface area contributed by atoms with Gasteiger partial charge in [0.05, 0.1) is 11.6 Å². The molecule has 0 unspecified atom stereocenters. The molecule has 41 heavy (non-hydrogen) atoms. The van der Waals surface area contributed by atoms with Crippen LogP contribution in [0.25, 0.3) is 0 Å². The highest BCUT2D eigenvalue weighted by atomic mass is 19.4. The Balaban J connectivity index is 1.32. The molecule has 214 valence electrons. The number of anilines is 3. The summed E-state index contributed by atoms with van der Waals surface area (Å²) in [4.78, 5) is 37.2. The monoisotopic (exact) mass is 566 g/mol. The van der Waals surface area contributed by atoms with Crippen molar-refractivity contribution in [3.63, 3.8) is 0 Å². The van der Waals surface area contributed by atoms with Gasteiger partial charge in [-0.3, -0.25) is 25.0 Å². The van der Waals surface area contributed by atoms with E-state index in [1.807, 2.05) is 6.07 Å². The van der Waals surface area contributed by atoms with E-state index < -0.39 is 17.6 Å². The van der Waals surface area contributed by atoms with Crippen LogP contribution in [-0.4, -0.2) is 43.1 Å². The number of hydrogen-bond acceptors (Lipinski definition) is 6. The van der Waals surface area contributed by atoms with Crippen LogP contribution in [0.4, 0.5) is 30.2 Å². The summed E-state index contributed by atoms with van der Waals surface area (Å²) >= 11 is 0. The summed E-state index contributed by atoms with van der Waals surface area (Å²) < 4.78 is 39.0. The number of halogens is 3. The number of hydrogen-bond donors (Lipinski definition) is 6. The smallest absolute Gasteiger partial charge is 0.358 e. The summed E-state index contributed by atoms with van der Waals surface area (Å²) in [6.07, 6.45) is -3.67. The van der Waals surface area contributed by atoms with E-state index >= 15 is 0 Å². The highest BCUT2D eigenvalue weighted by Crippen LogP contribution is 2.29. The maximum Gasteiger partial charge on any atom is 0.416 e. The van der Waals surface area contributed by atoms with Crippen molar-refractivity contribution in [2.75, 3.05) is 29.0 Å². The molecular weight excluding hydrogens is 537 g/mol. The van der Waals surface area contributed by atoms with Crippen molar-refractivity contribution in [3.8, 4) is 0 Å². The molecule has 4 rings (SSSR count). The number of carbonyl (C=O) groups excluding carboxylic acids is 3. The van der Waals surface area contributed by atoms with Crippen LogP contribution in [0.5, 0.6) is 0 Å². The summed E-state index contributed by atoms with van der Waals surface area (Å²) in [7, 11) is 0. The Bertz CT molecular complexity index is 1450. The molecule has 0 bridgehead atoms. The van der Waals surface area contributed by atoms with Gasteiger partial charge in [0.15, 0.2) is 0 Å². The zero-order chi connectivity index (χ0) is 29.6. The molecule has 1 saturated heterocycles. The zero-order valence-corrected chi connectivity index (χ0v) is 22.1. The second-order valence-electron chi connectivity index (χ2n) is 9.40. The van der Waals surface area contributed by atoms with Crippen LogP contribution >= 0.6 is 0 Å². The molecule has 0 radical (unpaired) electrons. The topological polar surface area (TPSA) is 123 Å². The quantitative estimate of drug-likeness (QED) is 0.229. The second-order valence-corrected chi connectivity index (χ2v) is 9.40. The van der Waals surface area contributed by atoms with E-state index in [9.17, 15) is 27.6 Å². The first-order chi connectivity index (χ1) is 19.5. The molecule has 6 N–H and O–H groups in total. The lowest BCUT2D eigenvalue weighted by Gasteiger charge is -2.32. The maximum atomic E-state index is 13.1. The number of carbonyl (C=O) groups is 3. The molecule has 0 atom stereocenters. The number of rotatable bonds is 8. The van der Waals surface area contributed by atoms with Crippen molar-refractivity contribution >= 4 is 34.8 Å². The molecule has 3 amide bonds. The predicted molar refractivity (Wildman–Crippen MR) is 151 cm³/mol. The summed E-state index contributed by atoms with van der Waals surface area (Å²) in [5, 5.41) is 18.0. The predicted octanol–water partition coefficient (Wildman–Crippen LogP) is 4.08. The molecule has 1 fully saturated rings. The lowest BCUT2D eigenvalue weighted by atomic mass is 10.1. The Labute approximate surface area is 234 Å². The van der Waals surface area contributed by atoms with Crippen molar-refractivity contribution in [1.29, 1.82) is 0 Å². The number of nitrogens with one attached hydrogen (secondary N) is 6. The first kappa shape index (κ1) is 29.3. The average Bonchev–Trinajstić information content (AvgIpc) is 2.94. The number of benzene rings is 3. The van der Waals surface area contributed by atoms with Gasteiger partial charge in [0.1, 0.15) is 6.29 Å². The van der Waals surface area contributed by atoms with Crippen LogP contribution in [0, 0.1) is 6.92 Å². The number of aryl methyl sites for hydroxylation is 1. The van der Waals surface area contributed by atoms with Gasteiger partial charge in [-0.05, 0) is 67.1 Å². The van der Waals surface area contributed by atoms with Gasteiger partial charge >= 0.3 is 6.18 Å². The summed E-state index contributed by atoms with van der Waals surface area (Å²) in [5.41, 5.74) is 1.57.